The second-order valence-corrected chi connectivity index (χ2v) is 5.21. The maximum atomic E-state index is 12.1. The molecule has 0 heterocycles. The van der Waals surface area contributed by atoms with Crippen LogP contribution in [0.2, 0.25) is 0 Å². The van der Waals surface area contributed by atoms with E-state index in [0.29, 0.717) is 12.0 Å². The Bertz CT molecular complexity index is 382. The summed E-state index contributed by atoms with van der Waals surface area (Å²) in [7, 11) is 0. The van der Waals surface area contributed by atoms with Gasteiger partial charge in [-0.2, -0.15) is 0 Å². The molecule has 1 fully saturated rings. The molecule has 1 aromatic carbocycles. The van der Waals surface area contributed by atoms with Crippen LogP contribution in [-0.2, 0) is 0 Å². The molecule has 1 aromatic rings. The van der Waals surface area contributed by atoms with E-state index in [-0.39, 0.29) is 5.91 Å². The van der Waals surface area contributed by atoms with Crippen LogP contribution in [0.15, 0.2) is 24.3 Å². The Labute approximate surface area is 103 Å². The largest absolute Gasteiger partial charge is 0.349 e. The Morgan fingerprint density at radius 1 is 1.18 bits per heavy atom. The molecule has 1 N–H and O–H groups in total. The Balaban J connectivity index is 1.98. The van der Waals surface area contributed by atoms with Crippen LogP contribution in [0.5, 0.6) is 0 Å². The summed E-state index contributed by atoms with van der Waals surface area (Å²) >= 11 is 0. The smallest absolute Gasteiger partial charge is 0.251 e. The van der Waals surface area contributed by atoms with Crippen molar-refractivity contribution in [3.63, 3.8) is 0 Å². The molecule has 1 aliphatic carbocycles. The molecule has 0 saturated heterocycles. The molecule has 0 radical (unpaired) electrons. The number of rotatable bonds is 2. The van der Waals surface area contributed by atoms with Gasteiger partial charge in [-0.05, 0) is 37.8 Å². The summed E-state index contributed by atoms with van der Waals surface area (Å²) in [5.74, 6) is 0.682. The molecular formula is C15H21NO. The van der Waals surface area contributed by atoms with Gasteiger partial charge in [0.1, 0.15) is 0 Å². The summed E-state index contributed by atoms with van der Waals surface area (Å²) in [6, 6.07) is 8.13. The fourth-order valence-electron chi connectivity index (χ4n) is 2.49. The van der Waals surface area contributed by atoms with Crippen molar-refractivity contribution in [3.8, 4) is 0 Å². The van der Waals surface area contributed by atoms with Crippen LogP contribution in [0.25, 0.3) is 0 Å². The molecule has 0 spiro atoms. The first kappa shape index (κ1) is 12.2. The topological polar surface area (TPSA) is 29.1 Å². The van der Waals surface area contributed by atoms with Crippen molar-refractivity contribution < 1.29 is 4.79 Å². The number of benzene rings is 1. The fraction of sp³-hybridized carbons (Fsp3) is 0.533. The molecule has 2 atom stereocenters. The third-order valence-corrected chi connectivity index (χ3v) is 3.74. The van der Waals surface area contributed by atoms with Gasteiger partial charge in [0.25, 0.3) is 5.91 Å². The minimum absolute atomic E-state index is 0.0729. The average molecular weight is 231 g/mol. The third-order valence-electron chi connectivity index (χ3n) is 3.74. The van der Waals surface area contributed by atoms with Crippen LogP contribution >= 0.6 is 0 Å². The summed E-state index contributed by atoms with van der Waals surface area (Å²) < 4.78 is 0. The highest BCUT2D eigenvalue weighted by Crippen LogP contribution is 2.23. The van der Waals surface area contributed by atoms with Gasteiger partial charge < -0.3 is 5.32 Å². The highest BCUT2D eigenvalue weighted by Gasteiger charge is 2.22. The van der Waals surface area contributed by atoms with Gasteiger partial charge in [-0.3, -0.25) is 4.79 Å². The van der Waals surface area contributed by atoms with Gasteiger partial charge in [0.15, 0.2) is 0 Å². The Morgan fingerprint density at radius 3 is 2.47 bits per heavy atom. The molecule has 0 aromatic heterocycles. The van der Waals surface area contributed by atoms with Gasteiger partial charge in [-0.15, -0.1) is 0 Å². The lowest BCUT2D eigenvalue weighted by Crippen LogP contribution is -2.41. The van der Waals surface area contributed by atoms with Crippen molar-refractivity contribution in [3.05, 3.63) is 35.4 Å². The van der Waals surface area contributed by atoms with Crippen molar-refractivity contribution in [2.75, 3.05) is 0 Å². The molecule has 2 rings (SSSR count). The summed E-state index contributed by atoms with van der Waals surface area (Å²) in [6.07, 6.45) is 4.90. The number of hydrogen-bond donors (Lipinski definition) is 1. The lowest BCUT2D eigenvalue weighted by Gasteiger charge is -2.29. The highest BCUT2D eigenvalue weighted by molar-refractivity contribution is 5.94. The van der Waals surface area contributed by atoms with Gasteiger partial charge >= 0.3 is 0 Å². The summed E-state index contributed by atoms with van der Waals surface area (Å²) in [5.41, 5.74) is 1.96. The maximum Gasteiger partial charge on any atom is 0.251 e. The van der Waals surface area contributed by atoms with Crippen LogP contribution in [0.3, 0.4) is 0 Å². The van der Waals surface area contributed by atoms with E-state index < -0.39 is 0 Å². The Hall–Kier alpha value is -1.31. The standard InChI is InChI=1S/C15H21NO/c1-11-7-9-13(10-8-11)15(17)16-14-6-4-3-5-12(14)2/h7-10,12,14H,3-6H2,1-2H3,(H,16,17)/t12-,14-/m0/s1. The van der Waals surface area contributed by atoms with Crippen LogP contribution in [0.4, 0.5) is 0 Å². The minimum Gasteiger partial charge on any atom is -0.349 e. The molecule has 2 nitrogen and oxygen atoms in total. The van der Waals surface area contributed by atoms with Crippen molar-refractivity contribution in [1.29, 1.82) is 0 Å². The predicted molar refractivity (Wildman–Crippen MR) is 70.1 cm³/mol. The number of amides is 1. The first-order valence-corrected chi connectivity index (χ1v) is 6.54. The van der Waals surface area contributed by atoms with Crippen molar-refractivity contribution in [2.24, 2.45) is 5.92 Å². The van der Waals surface area contributed by atoms with Crippen LogP contribution in [-0.4, -0.2) is 11.9 Å². The first-order chi connectivity index (χ1) is 8.16. The quantitative estimate of drug-likeness (QED) is 0.831. The second-order valence-electron chi connectivity index (χ2n) is 5.21. The van der Waals surface area contributed by atoms with Crippen LogP contribution in [0, 0.1) is 12.8 Å². The number of aryl methyl sites for hydroxylation is 1. The van der Waals surface area contributed by atoms with E-state index in [9.17, 15) is 4.79 Å². The van der Waals surface area contributed by atoms with Crippen molar-refractivity contribution in [2.45, 2.75) is 45.6 Å². The van der Waals surface area contributed by atoms with E-state index >= 15 is 0 Å². The fourth-order valence-corrected chi connectivity index (χ4v) is 2.49. The molecule has 1 saturated carbocycles. The zero-order valence-corrected chi connectivity index (χ0v) is 10.7. The van der Waals surface area contributed by atoms with E-state index in [1.165, 1.54) is 24.8 Å². The zero-order valence-electron chi connectivity index (χ0n) is 10.7. The van der Waals surface area contributed by atoms with Gasteiger partial charge in [0, 0.05) is 11.6 Å². The lowest BCUT2D eigenvalue weighted by atomic mass is 9.86. The predicted octanol–water partition coefficient (Wildman–Crippen LogP) is 3.30. The van der Waals surface area contributed by atoms with E-state index in [4.69, 9.17) is 0 Å². The van der Waals surface area contributed by atoms with Gasteiger partial charge in [-0.1, -0.05) is 37.5 Å². The zero-order chi connectivity index (χ0) is 12.3. The van der Waals surface area contributed by atoms with Crippen molar-refractivity contribution in [1.82, 2.24) is 5.32 Å². The average Bonchev–Trinajstić information content (AvgIpc) is 2.33. The molecule has 0 bridgehead atoms. The number of hydrogen-bond acceptors (Lipinski definition) is 1. The monoisotopic (exact) mass is 231 g/mol. The second kappa shape index (κ2) is 5.35. The Kier molecular flexibility index (Phi) is 3.82. The van der Waals surface area contributed by atoms with Gasteiger partial charge in [0.05, 0.1) is 0 Å². The summed E-state index contributed by atoms with van der Waals surface area (Å²) in [5, 5.41) is 3.17. The SMILES string of the molecule is Cc1ccc(C(=O)N[C@H]2CCCC[C@@H]2C)cc1. The molecule has 0 unspecified atom stereocenters. The maximum absolute atomic E-state index is 12.1. The van der Waals surface area contributed by atoms with Crippen molar-refractivity contribution >= 4 is 5.91 Å². The molecule has 17 heavy (non-hydrogen) atoms. The van der Waals surface area contributed by atoms with E-state index in [1.54, 1.807) is 0 Å². The first-order valence-electron chi connectivity index (χ1n) is 6.54. The molecule has 1 aliphatic rings. The van der Waals surface area contributed by atoms with Crippen LogP contribution < -0.4 is 5.32 Å². The highest BCUT2D eigenvalue weighted by atomic mass is 16.1. The molecule has 1 amide bonds. The molecule has 0 aliphatic heterocycles. The summed E-state index contributed by atoms with van der Waals surface area (Å²) in [6.45, 7) is 4.27. The van der Waals surface area contributed by atoms with E-state index in [0.717, 1.165) is 12.0 Å². The minimum atomic E-state index is 0.0729. The number of carbonyl (C=O) groups excluding carboxylic acids is 1. The molecular weight excluding hydrogens is 210 g/mol. The van der Waals surface area contributed by atoms with E-state index in [2.05, 4.69) is 12.2 Å². The molecule has 92 valence electrons. The summed E-state index contributed by atoms with van der Waals surface area (Å²) in [4.78, 5) is 12.1. The normalized spacial score (nSPS) is 24.4. The number of carbonyl (C=O) groups is 1. The van der Waals surface area contributed by atoms with Crippen LogP contribution in [0.1, 0.15) is 48.5 Å². The number of nitrogens with one attached hydrogen (secondary N) is 1. The van der Waals surface area contributed by atoms with E-state index in [1.807, 2.05) is 31.2 Å². The van der Waals surface area contributed by atoms with Gasteiger partial charge in [-0.25, -0.2) is 0 Å². The lowest BCUT2D eigenvalue weighted by molar-refractivity contribution is 0.0910. The Morgan fingerprint density at radius 2 is 1.82 bits per heavy atom. The van der Waals surface area contributed by atoms with Gasteiger partial charge in [0.2, 0.25) is 0 Å². The molecule has 2 heteroatoms. The third kappa shape index (κ3) is 3.09.